The minimum absolute atomic E-state index is 0.0248. The van der Waals surface area contributed by atoms with E-state index in [9.17, 15) is 9.90 Å². The Morgan fingerprint density at radius 3 is 2.83 bits per heavy atom. The Morgan fingerprint density at radius 1 is 1.17 bits per heavy atom. The van der Waals surface area contributed by atoms with Crippen LogP contribution in [-0.2, 0) is 0 Å². The predicted octanol–water partition coefficient (Wildman–Crippen LogP) is 3.43. The van der Waals surface area contributed by atoms with Crippen LogP contribution in [0.1, 0.15) is 42.5 Å². The Kier molecular flexibility index (Phi) is 8.71. The van der Waals surface area contributed by atoms with Gasteiger partial charge in [-0.15, -0.1) is 0 Å². The summed E-state index contributed by atoms with van der Waals surface area (Å²) in [5.41, 5.74) is 0.329. The van der Waals surface area contributed by atoms with Crippen molar-refractivity contribution in [3.05, 3.63) is 29.8 Å². The van der Waals surface area contributed by atoms with Crippen molar-refractivity contribution in [2.75, 3.05) is 25.4 Å². The molecule has 0 saturated carbocycles. The number of rotatable bonds is 10. The Hall–Kier alpha value is -0.850. The first-order valence-corrected chi connectivity index (χ1v) is 10.7. The molecule has 1 saturated heterocycles. The molecule has 0 radical (unpaired) electrons. The van der Waals surface area contributed by atoms with Gasteiger partial charge in [-0.2, -0.15) is 0 Å². The molecule has 0 aliphatic carbocycles. The monoisotopic (exact) mass is 354 g/mol. The van der Waals surface area contributed by atoms with Crippen molar-refractivity contribution in [2.24, 2.45) is 0 Å². The first-order chi connectivity index (χ1) is 11.3. The number of hydrogen-bond donors (Lipinski definition) is 3. The molecule has 1 atom stereocenters. The maximum Gasteiger partial charge on any atom is 0.255 e. The number of nitrogens with one attached hydrogen (secondary N) is 2. The highest BCUT2D eigenvalue weighted by Crippen LogP contribution is 2.39. The van der Waals surface area contributed by atoms with Crippen molar-refractivity contribution in [3.63, 3.8) is 0 Å². The average molecular weight is 355 g/mol. The molecule has 0 spiro atoms. The molecule has 0 unspecified atom stereocenters. The normalized spacial score (nSPS) is 17.3. The molecule has 6 heteroatoms. The Morgan fingerprint density at radius 2 is 2.04 bits per heavy atom. The lowest BCUT2D eigenvalue weighted by Gasteiger charge is -2.09. The lowest BCUT2D eigenvalue weighted by Crippen LogP contribution is -2.32. The van der Waals surface area contributed by atoms with Crippen LogP contribution >= 0.6 is 21.6 Å². The number of unbranched alkanes of at least 4 members (excludes halogenated alkanes) is 2. The minimum Gasteiger partial charge on any atom is -0.507 e. The molecule has 1 aromatic carbocycles. The van der Waals surface area contributed by atoms with Gasteiger partial charge in [-0.05, 0) is 37.9 Å². The highest BCUT2D eigenvalue weighted by Gasteiger charge is 2.15. The van der Waals surface area contributed by atoms with Crippen molar-refractivity contribution < 1.29 is 9.90 Å². The van der Waals surface area contributed by atoms with Gasteiger partial charge < -0.3 is 15.7 Å². The third-order valence-electron chi connectivity index (χ3n) is 3.84. The second kappa shape index (κ2) is 10.8. The largest absolute Gasteiger partial charge is 0.507 e. The Bertz CT molecular complexity index is 479. The molecular formula is C17H26N2O2S2. The number of amides is 1. The van der Waals surface area contributed by atoms with Crippen molar-refractivity contribution in [2.45, 2.75) is 37.4 Å². The van der Waals surface area contributed by atoms with E-state index >= 15 is 0 Å². The molecule has 1 fully saturated rings. The minimum atomic E-state index is -0.225. The van der Waals surface area contributed by atoms with Gasteiger partial charge in [0.15, 0.2) is 0 Å². The van der Waals surface area contributed by atoms with Gasteiger partial charge in [0.05, 0.1) is 5.56 Å². The number of aromatic hydroxyl groups is 1. The fraction of sp³-hybridized carbons (Fsp3) is 0.588. The van der Waals surface area contributed by atoms with Gasteiger partial charge >= 0.3 is 0 Å². The number of hydrogen-bond acceptors (Lipinski definition) is 5. The summed E-state index contributed by atoms with van der Waals surface area (Å²) in [5, 5.41) is 16.7. The SMILES string of the molecule is O=C(NCCNCCCCC[C@H]1CCSS1)c1ccccc1O. The second-order valence-corrected chi connectivity index (χ2v) is 8.49. The van der Waals surface area contributed by atoms with Crippen molar-refractivity contribution in [3.8, 4) is 5.75 Å². The van der Waals surface area contributed by atoms with E-state index in [1.165, 1.54) is 43.9 Å². The molecule has 1 aliphatic heterocycles. The Labute approximate surface area is 146 Å². The first kappa shape index (κ1) is 18.5. The van der Waals surface area contributed by atoms with E-state index < -0.39 is 0 Å². The van der Waals surface area contributed by atoms with E-state index in [2.05, 4.69) is 21.4 Å². The van der Waals surface area contributed by atoms with E-state index in [-0.39, 0.29) is 11.7 Å². The van der Waals surface area contributed by atoms with Gasteiger partial charge in [-0.3, -0.25) is 4.79 Å². The Balaban J connectivity index is 1.43. The smallest absolute Gasteiger partial charge is 0.255 e. The molecule has 0 aromatic heterocycles. The van der Waals surface area contributed by atoms with Gasteiger partial charge in [0, 0.05) is 24.1 Å². The van der Waals surface area contributed by atoms with Gasteiger partial charge in [0.1, 0.15) is 5.75 Å². The summed E-state index contributed by atoms with van der Waals surface area (Å²) in [4.78, 5) is 11.9. The molecular weight excluding hydrogens is 328 g/mol. The van der Waals surface area contributed by atoms with E-state index in [0.717, 1.165) is 18.3 Å². The molecule has 3 N–H and O–H groups in total. The van der Waals surface area contributed by atoms with Crippen LogP contribution in [0, 0.1) is 0 Å². The number of benzene rings is 1. The van der Waals surface area contributed by atoms with Crippen LogP contribution in [0.5, 0.6) is 5.75 Å². The van der Waals surface area contributed by atoms with Crippen molar-refractivity contribution in [1.29, 1.82) is 0 Å². The van der Waals surface area contributed by atoms with E-state index in [1.807, 2.05) is 10.8 Å². The third-order valence-corrected chi connectivity index (χ3v) is 6.85. The highest BCUT2D eigenvalue weighted by molar-refractivity contribution is 8.77. The van der Waals surface area contributed by atoms with Crippen molar-refractivity contribution in [1.82, 2.24) is 10.6 Å². The number of para-hydroxylation sites is 1. The van der Waals surface area contributed by atoms with Gasteiger partial charge in [0.2, 0.25) is 0 Å². The van der Waals surface area contributed by atoms with Gasteiger partial charge in [-0.1, -0.05) is 46.6 Å². The summed E-state index contributed by atoms with van der Waals surface area (Å²) in [7, 11) is 4.08. The van der Waals surface area contributed by atoms with Crippen LogP contribution in [-0.4, -0.2) is 41.7 Å². The highest BCUT2D eigenvalue weighted by atomic mass is 33.1. The topological polar surface area (TPSA) is 61.4 Å². The zero-order valence-electron chi connectivity index (χ0n) is 13.4. The second-order valence-electron chi connectivity index (χ2n) is 5.70. The summed E-state index contributed by atoms with van der Waals surface area (Å²) < 4.78 is 0. The first-order valence-electron chi connectivity index (χ1n) is 8.32. The van der Waals surface area contributed by atoms with Crippen LogP contribution in [0.25, 0.3) is 0 Å². The lowest BCUT2D eigenvalue weighted by atomic mass is 10.1. The number of carbonyl (C=O) groups is 1. The average Bonchev–Trinajstić information content (AvgIpc) is 3.07. The number of phenols is 1. The molecule has 1 amide bonds. The summed E-state index contributed by atoms with van der Waals surface area (Å²) in [6.45, 7) is 2.33. The van der Waals surface area contributed by atoms with Crippen LogP contribution in [0.3, 0.4) is 0 Å². The third kappa shape index (κ3) is 7.06. The maximum atomic E-state index is 11.9. The standard InChI is InChI=1S/C17H26N2O2S2/c20-16-8-4-3-7-15(16)17(21)19-12-11-18-10-5-1-2-6-14-9-13-22-23-14/h3-4,7-8,14,18,20H,1-2,5-6,9-13H2,(H,19,21)/t14-/m0/s1. The summed E-state index contributed by atoms with van der Waals surface area (Å²) in [6, 6.07) is 6.60. The van der Waals surface area contributed by atoms with E-state index in [4.69, 9.17) is 0 Å². The van der Waals surface area contributed by atoms with Gasteiger partial charge in [-0.25, -0.2) is 0 Å². The summed E-state index contributed by atoms with van der Waals surface area (Å²) in [5.74, 6) is 1.12. The van der Waals surface area contributed by atoms with Crippen molar-refractivity contribution >= 4 is 27.5 Å². The molecule has 0 bridgehead atoms. The zero-order chi connectivity index (χ0) is 16.3. The van der Waals surface area contributed by atoms with Crippen LogP contribution in [0.15, 0.2) is 24.3 Å². The van der Waals surface area contributed by atoms with Gasteiger partial charge in [0.25, 0.3) is 5.91 Å². The molecule has 2 rings (SSSR count). The molecule has 23 heavy (non-hydrogen) atoms. The maximum absolute atomic E-state index is 11.9. The molecule has 1 aliphatic rings. The van der Waals surface area contributed by atoms with E-state index in [1.54, 1.807) is 18.2 Å². The fourth-order valence-corrected chi connectivity index (χ4v) is 5.54. The molecule has 1 aromatic rings. The van der Waals surface area contributed by atoms with E-state index in [0.29, 0.717) is 12.1 Å². The quantitative estimate of drug-likeness (QED) is 0.444. The molecule has 128 valence electrons. The summed E-state index contributed by atoms with van der Waals surface area (Å²) >= 11 is 0. The zero-order valence-corrected chi connectivity index (χ0v) is 15.1. The molecule has 4 nitrogen and oxygen atoms in total. The molecule has 1 heterocycles. The predicted molar refractivity (Wildman–Crippen MR) is 100 cm³/mol. The summed E-state index contributed by atoms with van der Waals surface area (Å²) in [6.07, 6.45) is 6.53. The lowest BCUT2D eigenvalue weighted by molar-refractivity contribution is 0.0951. The van der Waals surface area contributed by atoms with Crippen LogP contribution in [0.2, 0.25) is 0 Å². The van der Waals surface area contributed by atoms with Crippen LogP contribution in [0.4, 0.5) is 0 Å². The fourth-order valence-electron chi connectivity index (χ4n) is 2.51. The number of carbonyl (C=O) groups excluding carboxylic acids is 1. The van der Waals surface area contributed by atoms with Crippen LogP contribution < -0.4 is 10.6 Å². The number of phenolic OH excluding ortho intramolecular Hbond substituents is 1.